The first-order valence-electron chi connectivity index (χ1n) is 4.61. The molecule has 0 aromatic rings. The summed E-state index contributed by atoms with van der Waals surface area (Å²) in [5, 5.41) is 8.10. The van der Waals surface area contributed by atoms with Crippen molar-refractivity contribution in [2.24, 2.45) is 23.3 Å². The van der Waals surface area contributed by atoms with Gasteiger partial charge >= 0.3 is 11.9 Å². The van der Waals surface area contributed by atoms with Gasteiger partial charge in [-0.15, -0.1) is 12.4 Å². The maximum atomic E-state index is 10.4. The van der Waals surface area contributed by atoms with Crippen LogP contribution < -0.4 is 11.5 Å². The number of nitrogens with two attached hydrogens (primary N) is 2. The van der Waals surface area contributed by atoms with Crippen LogP contribution in [0.2, 0.25) is 0 Å². The van der Waals surface area contributed by atoms with Crippen molar-refractivity contribution in [2.75, 3.05) is 20.2 Å². The van der Waals surface area contributed by atoms with Crippen LogP contribution in [-0.2, 0) is 35.4 Å². The van der Waals surface area contributed by atoms with E-state index in [0.717, 1.165) is 0 Å². The predicted molar refractivity (Wildman–Crippen MR) is 63.3 cm³/mol. The fourth-order valence-corrected chi connectivity index (χ4v) is 0.398. The Morgan fingerprint density at radius 3 is 1.59 bits per heavy atom. The van der Waals surface area contributed by atoms with E-state index in [1.165, 1.54) is 7.11 Å². The number of methoxy groups -OCH3 is 1. The van der Waals surface area contributed by atoms with E-state index in [0.29, 0.717) is 6.54 Å². The molecule has 0 aromatic heterocycles. The van der Waals surface area contributed by atoms with Gasteiger partial charge in [0, 0.05) is 34.2 Å². The second-order valence-electron chi connectivity index (χ2n) is 3.13. The predicted octanol–water partition coefficient (Wildman–Crippen LogP) is -0.161. The summed E-state index contributed by atoms with van der Waals surface area (Å²) >= 11 is 0. The molecule has 0 aliphatic rings. The largest absolute Gasteiger partial charge is 0.481 e. The van der Waals surface area contributed by atoms with Crippen LogP contribution in [0.25, 0.3) is 0 Å². The van der Waals surface area contributed by atoms with Crippen molar-refractivity contribution >= 4 is 24.3 Å². The summed E-state index contributed by atoms with van der Waals surface area (Å²) in [6.45, 7) is 3.87. The number of carboxylic acids is 1. The molecule has 0 spiro atoms. The van der Waals surface area contributed by atoms with Gasteiger partial charge in [0.25, 0.3) is 0 Å². The van der Waals surface area contributed by atoms with Crippen LogP contribution in [0.1, 0.15) is 13.8 Å². The number of esters is 1. The summed E-state index contributed by atoms with van der Waals surface area (Å²) in [6, 6.07) is 0. The Bertz CT molecular complexity index is 207. The number of carbonyl (C=O) groups excluding carboxylic acids is 1. The Morgan fingerprint density at radius 1 is 1.18 bits per heavy atom. The van der Waals surface area contributed by atoms with Gasteiger partial charge in [-0.05, 0) is 0 Å². The zero-order valence-electron chi connectivity index (χ0n) is 10.2. The van der Waals surface area contributed by atoms with Crippen molar-refractivity contribution < 1.29 is 40.5 Å². The second-order valence-corrected chi connectivity index (χ2v) is 3.13. The number of hydrogen-bond acceptors (Lipinski definition) is 5. The van der Waals surface area contributed by atoms with Crippen LogP contribution in [0.3, 0.4) is 0 Å². The molecule has 0 rings (SSSR count). The summed E-state index contributed by atoms with van der Waals surface area (Å²) in [5.74, 6) is -1.64. The first-order valence-corrected chi connectivity index (χ1v) is 4.61. The molecule has 8 heteroatoms. The van der Waals surface area contributed by atoms with Gasteiger partial charge < -0.3 is 21.3 Å². The van der Waals surface area contributed by atoms with Gasteiger partial charge in [-0.1, -0.05) is 13.8 Å². The molecule has 0 saturated heterocycles. The molecule has 0 saturated carbocycles. The Hall–Kier alpha value is -0.162. The average Bonchev–Trinajstić information content (AvgIpc) is 2.26. The first-order chi connectivity index (χ1) is 6.90. The SMILES string of the molecule is CC(CN)C(=O)O.COC(=O)C(C)CN.Cl.[W]. The normalized spacial score (nSPS) is 11.6. The van der Waals surface area contributed by atoms with E-state index < -0.39 is 11.9 Å². The Balaban J connectivity index is -0.0000000896. The number of aliphatic carboxylic acids is 1. The summed E-state index contributed by atoms with van der Waals surface area (Å²) < 4.78 is 4.38. The minimum atomic E-state index is -0.831. The van der Waals surface area contributed by atoms with Crippen LogP contribution in [0, 0.1) is 11.8 Å². The van der Waals surface area contributed by atoms with Crippen molar-refractivity contribution in [2.45, 2.75) is 13.8 Å². The van der Waals surface area contributed by atoms with E-state index in [1.807, 2.05) is 0 Å². The monoisotopic (exact) mass is 440 g/mol. The second kappa shape index (κ2) is 15.8. The molecule has 0 amide bonds. The van der Waals surface area contributed by atoms with E-state index in [9.17, 15) is 9.59 Å². The topological polar surface area (TPSA) is 116 Å². The van der Waals surface area contributed by atoms with Crippen molar-refractivity contribution in [1.29, 1.82) is 0 Å². The Kier molecular flexibility index (Phi) is 23.9. The number of carbonyl (C=O) groups is 2. The van der Waals surface area contributed by atoms with Gasteiger partial charge in [0.2, 0.25) is 0 Å². The van der Waals surface area contributed by atoms with E-state index in [2.05, 4.69) is 4.74 Å². The van der Waals surface area contributed by atoms with E-state index >= 15 is 0 Å². The third-order valence-corrected chi connectivity index (χ3v) is 1.73. The van der Waals surface area contributed by atoms with E-state index in [1.54, 1.807) is 13.8 Å². The summed E-state index contributed by atoms with van der Waals surface area (Å²) in [7, 11) is 1.36. The molecule has 104 valence electrons. The van der Waals surface area contributed by atoms with Crippen LogP contribution >= 0.6 is 12.4 Å². The maximum Gasteiger partial charge on any atom is 0.309 e. The maximum absolute atomic E-state index is 10.4. The molecule has 0 aromatic carbocycles. The Labute approximate surface area is 122 Å². The van der Waals surface area contributed by atoms with Crippen molar-refractivity contribution in [1.82, 2.24) is 0 Å². The van der Waals surface area contributed by atoms with E-state index in [4.69, 9.17) is 16.6 Å². The molecule has 2 atom stereocenters. The Morgan fingerprint density at radius 2 is 1.53 bits per heavy atom. The average molecular weight is 441 g/mol. The third kappa shape index (κ3) is 15.8. The molecule has 0 aliphatic heterocycles. The van der Waals surface area contributed by atoms with Gasteiger partial charge in [0.05, 0.1) is 18.9 Å². The molecule has 0 radical (unpaired) electrons. The number of ether oxygens (including phenoxy) is 1. The van der Waals surface area contributed by atoms with Gasteiger partial charge in [-0.2, -0.15) is 0 Å². The van der Waals surface area contributed by atoms with Gasteiger partial charge in [0.1, 0.15) is 0 Å². The molecular formula is C9H21ClN2O4W. The summed E-state index contributed by atoms with van der Waals surface area (Å²) in [5.41, 5.74) is 10.1. The van der Waals surface area contributed by atoms with Crippen LogP contribution in [0.15, 0.2) is 0 Å². The standard InChI is InChI=1S/C5H11NO2.C4H9NO2.ClH.W/c1-4(3-6)5(7)8-2;1-3(2-5)4(6)7;;/h4H,3,6H2,1-2H3;3H,2,5H2,1H3,(H,6,7);1H;. The number of carboxylic acid groups (broad SMARTS) is 1. The smallest absolute Gasteiger partial charge is 0.309 e. The van der Waals surface area contributed by atoms with Crippen molar-refractivity contribution in [3.63, 3.8) is 0 Å². The van der Waals surface area contributed by atoms with Gasteiger partial charge in [0.15, 0.2) is 0 Å². The molecule has 5 N–H and O–H groups in total. The fraction of sp³-hybridized carbons (Fsp3) is 0.778. The molecule has 6 nitrogen and oxygen atoms in total. The molecule has 0 heterocycles. The minimum Gasteiger partial charge on any atom is -0.481 e. The van der Waals surface area contributed by atoms with Crippen LogP contribution in [0.4, 0.5) is 0 Å². The molecule has 0 fully saturated rings. The fourth-order valence-electron chi connectivity index (χ4n) is 0.398. The molecule has 0 aliphatic carbocycles. The van der Waals surface area contributed by atoms with Crippen LogP contribution in [-0.4, -0.2) is 37.2 Å². The number of halogens is 1. The number of rotatable bonds is 4. The zero-order valence-corrected chi connectivity index (χ0v) is 14.0. The minimum absolute atomic E-state index is 0. The quantitative estimate of drug-likeness (QED) is 0.523. The van der Waals surface area contributed by atoms with E-state index in [-0.39, 0.29) is 51.9 Å². The van der Waals surface area contributed by atoms with Gasteiger partial charge in [-0.25, -0.2) is 0 Å². The van der Waals surface area contributed by atoms with Crippen LogP contribution in [0.5, 0.6) is 0 Å². The zero-order chi connectivity index (χ0) is 12.4. The third-order valence-electron chi connectivity index (χ3n) is 1.73. The van der Waals surface area contributed by atoms with Crippen molar-refractivity contribution in [3.05, 3.63) is 0 Å². The molecule has 0 bridgehead atoms. The number of hydrogen-bond donors (Lipinski definition) is 3. The molecule has 17 heavy (non-hydrogen) atoms. The van der Waals surface area contributed by atoms with Gasteiger partial charge in [-0.3, -0.25) is 9.59 Å². The summed E-state index contributed by atoms with van der Waals surface area (Å²) in [6.07, 6.45) is 0. The molecule has 2 unspecified atom stereocenters. The van der Waals surface area contributed by atoms with Crippen molar-refractivity contribution in [3.8, 4) is 0 Å². The molecular weight excluding hydrogens is 419 g/mol. The first kappa shape index (κ1) is 25.6. The summed E-state index contributed by atoms with van der Waals surface area (Å²) in [4.78, 5) is 20.3.